The van der Waals surface area contributed by atoms with E-state index >= 15 is 0 Å². The van der Waals surface area contributed by atoms with Crippen molar-refractivity contribution in [1.29, 1.82) is 0 Å². The Morgan fingerprint density at radius 2 is 2.03 bits per heavy atom. The van der Waals surface area contributed by atoms with Crippen LogP contribution in [-0.2, 0) is 0 Å². The molecule has 0 saturated heterocycles. The summed E-state index contributed by atoms with van der Waals surface area (Å²) in [6.45, 7) is 9.95. The minimum Gasteiger partial charge on any atom is -0.393 e. The average molecular weight is 429 g/mol. The molecule has 0 radical (unpaired) electrons. The van der Waals surface area contributed by atoms with Gasteiger partial charge in [-0.15, -0.1) is 0 Å². The van der Waals surface area contributed by atoms with Gasteiger partial charge in [0.2, 0.25) is 0 Å². The maximum absolute atomic E-state index is 10.1. The van der Waals surface area contributed by atoms with Crippen LogP contribution >= 0.6 is 0 Å². The Hall–Kier alpha value is -1.38. The van der Waals surface area contributed by atoms with Crippen molar-refractivity contribution in [2.45, 2.75) is 89.9 Å². The molecular formula is C27H40O4. The Labute approximate surface area is 187 Å². The molecule has 3 fully saturated rings. The summed E-state index contributed by atoms with van der Waals surface area (Å²) in [6.07, 6.45) is 10.8. The molecule has 0 heterocycles. The Bertz CT molecular complexity index is 796. The summed E-state index contributed by atoms with van der Waals surface area (Å²) in [6, 6.07) is 0. The second kappa shape index (κ2) is 9.63. The van der Waals surface area contributed by atoms with Crippen molar-refractivity contribution in [2.75, 3.05) is 6.61 Å². The first kappa shape index (κ1) is 24.3. The number of fused-ring (bicyclic) bond motifs is 1. The third-order valence-corrected chi connectivity index (χ3v) is 8.08. The minimum absolute atomic E-state index is 0.256. The molecular weight excluding hydrogens is 388 g/mol. The van der Waals surface area contributed by atoms with Crippen LogP contribution in [0.15, 0.2) is 35.5 Å². The van der Waals surface area contributed by atoms with Crippen LogP contribution in [0.4, 0.5) is 0 Å². The van der Waals surface area contributed by atoms with Crippen LogP contribution in [-0.4, -0.2) is 44.8 Å². The Kier molecular flexibility index (Phi) is 7.54. The topological polar surface area (TPSA) is 80.9 Å². The van der Waals surface area contributed by atoms with Gasteiger partial charge in [-0.05, 0) is 79.8 Å². The molecule has 4 N–H and O–H groups in total. The van der Waals surface area contributed by atoms with Crippen LogP contribution in [0.5, 0.6) is 0 Å². The van der Waals surface area contributed by atoms with Gasteiger partial charge in [-0.2, -0.15) is 0 Å². The van der Waals surface area contributed by atoms with Gasteiger partial charge in [-0.3, -0.25) is 0 Å². The second-order valence-electron chi connectivity index (χ2n) is 10.6. The van der Waals surface area contributed by atoms with Crippen LogP contribution in [0.25, 0.3) is 0 Å². The van der Waals surface area contributed by atoms with Crippen LogP contribution in [0.2, 0.25) is 0 Å². The first-order valence-electron chi connectivity index (χ1n) is 11.9. The lowest BCUT2D eigenvalue weighted by molar-refractivity contribution is 0.0516. The zero-order valence-corrected chi connectivity index (χ0v) is 19.4. The molecule has 7 atom stereocenters. The minimum atomic E-state index is -1.32. The van der Waals surface area contributed by atoms with Gasteiger partial charge in [0.15, 0.2) is 0 Å². The summed E-state index contributed by atoms with van der Waals surface area (Å²) in [4.78, 5) is 0. The van der Waals surface area contributed by atoms with Gasteiger partial charge in [-0.1, -0.05) is 50.0 Å². The highest BCUT2D eigenvalue weighted by molar-refractivity contribution is 5.38. The largest absolute Gasteiger partial charge is 0.393 e. The van der Waals surface area contributed by atoms with Crippen molar-refractivity contribution in [3.05, 3.63) is 35.5 Å². The first-order valence-corrected chi connectivity index (χ1v) is 11.9. The van der Waals surface area contributed by atoms with E-state index in [-0.39, 0.29) is 12.0 Å². The predicted molar refractivity (Wildman–Crippen MR) is 124 cm³/mol. The normalized spacial score (nSPS) is 39.0. The van der Waals surface area contributed by atoms with Crippen molar-refractivity contribution < 1.29 is 20.4 Å². The van der Waals surface area contributed by atoms with Crippen LogP contribution in [0, 0.1) is 35.0 Å². The molecule has 3 rings (SSSR count). The summed E-state index contributed by atoms with van der Waals surface area (Å²) < 4.78 is 0. The van der Waals surface area contributed by atoms with Gasteiger partial charge >= 0.3 is 0 Å². The maximum Gasteiger partial charge on any atom is 0.145 e. The fourth-order valence-corrected chi connectivity index (χ4v) is 6.26. The van der Waals surface area contributed by atoms with E-state index in [0.29, 0.717) is 30.6 Å². The lowest BCUT2D eigenvalue weighted by atomic mass is 9.61. The van der Waals surface area contributed by atoms with E-state index in [4.69, 9.17) is 0 Å². The van der Waals surface area contributed by atoms with Gasteiger partial charge in [0.05, 0.1) is 18.8 Å². The summed E-state index contributed by atoms with van der Waals surface area (Å²) >= 11 is 0. The zero-order valence-electron chi connectivity index (χ0n) is 19.4. The molecule has 4 heteroatoms. The molecule has 0 aromatic carbocycles. The third-order valence-electron chi connectivity index (χ3n) is 8.08. The highest BCUT2D eigenvalue weighted by Gasteiger charge is 2.50. The number of aliphatic hydroxyl groups excluding tert-OH is 3. The molecule has 0 unspecified atom stereocenters. The molecule has 0 aliphatic heterocycles. The second-order valence-corrected chi connectivity index (χ2v) is 10.6. The van der Waals surface area contributed by atoms with E-state index in [1.54, 1.807) is 6.92 Å². The quantitative estimate of drug-likeness (QED) is 0.512. The zero-order chi connectivity index (χ0) is 22.8. The molecule has 172 valence electrons. The lowest BCUT2D eigenvalue weighted by Gasteiger charge is -2.44. The van der Waals surface area contributed by atoms with Crippen molar-refractivity contribution in [3.63, 3.8) is 0 Å². The fraction of sp³-hybridized carbons (Fsp3) is 0.704. The van der Waals surface area contributed by atoms with E-state index in [2.05, 4.69) is 44.4 Å². The van der Waals surface area contributed by atoms with Gasteiger partial charge in [0.25, 0.3) is 0 Å². The summed E-state index contributed by atoms with van der Waals surface area (Å²) in [5.74, 6) is 7.53. The summed E-state index contributed by atoms with van der Waals surface area (Å²) in [7, 11) is 0. The maximum atomic E-state index is 10.1. The average Bonchev–Trinajstić information content (AvgIpc) is 3.07. The van der Waals surface area contributed by atoms with Crippen LogP contribution < -0.4 is 0 Å². The number of aliphatic hydroxyl groups is 4. The fourth-order valence-electron chi connectivity index (χ4n) is 6.26. The summed E-state index contributed by atoms with van der Waals surface area (Å²) in [5.41, 5.74) is 2.15. The first-order chi connectivity index (χ1) is 14.6. The molecule has 3 aliphatic rings. The third kappa shape index (κ3) is 5.34. The standard InChI is InChI=1S/C27H40O4/c1-18(7-5-13-26(3,31)17-28)23-11-12-24-20(8-6-14-27(23,24)4)9-10-21-15-22(29)16-25(30)19(21)2/h9-10,18,22-25,28-31H,2,6-8,11-12,14-17H2,1,3-4H3/b20-9-,21-10+/t18-,22-,23-,24+,25+,26-,27-/m1/s1. The van der Waals surface area contributed by atoms with E-state index in [9.17, 15) is 20.4 Å². The van der Waals surface area contributed by atoms with E-state index < -0.39 is 17.8 Å². The van der Waals surface area contributed by atoms with E-state index in [0.717, 1.165) is 24.0 Å². The Balaban J connectivity index is 1.74. The van der Waals surface area contributed by atoms with Crippen molar-refractivity contribution in [2.24, 2.45) is 23.2 Å². The smallest absolute Gasteiger partial charge is 0.145 e. The molecule has 0 amide bonds. The molecule has 0 aromatic rings. The SMILES string of the molecule is C=C1/C(=C/C=C2/CCC[C@]3(C)[C@@H]([C@H](C)CC#C[C@@](C)(O)CO)CC[C@@H]23)C[C@@H](O)C[C@@H]1O. The Morgan fingerprint density at radius 3 is 2.74 bits per heavy atom. The van der Waals surface area contributed by atoms with Crippen LogP contribution in [0.1, 0.15) is 72.1 Å². The van der Waals surface area contributed by atoms with Crippen molar-refractivity contribution in [3.8, 4) is 11.8 Å². The van der Waals surface area contributed by atoms with Gasteiger partial charge < -0.3 is 20.4 Å². The molecule has 0 bridgehead atoms. The molecule has 3 aliphatic carbocycles. The highest BCUT2D eigenvalue weighted by Crippen LogP contribution is 2.59. The van der Waals surface area contributed by atoms with Crippen molar-refractivity contribution in [1.82, 2.24) is 0 Å². The summed E-state index contributed by atoms with van der Waals surface area (Å²) in [5, 5.41) is 39.3. The van der Waals surface area contributed by atoms with Gasteiger partial charge in [-0.25, -0.2) is 0 Å². The predicted octanol–water partition coefficient (Wildman–Crippen LogP) is 3.90. The number of hydrogen-bond donors (Lipinski definition) is 4. The van der Waals surface area contributed by atoms with Crippen molar-refractivity contribution >= 4 is 0 Å². The van der Waals surface area contributed by atoms with E-state index in [1.807, 2.05) is 0 Å². The molecule has 3 saturated carbocycles. The number of allylic oxidation sites excluding steroid dienone is 3. The highest BCUT2D eigenvalue weighted by atomic mass is 16.3. The number of rotatable bonds is 4. The van der Waals surface area contributed by atoms with E-state index in [1.165, 1.54) is 31.3 Å². The molecule has 0 spiro atoms. The lowest BCUT2D eigenvalue weighted by Crippen LogP contribution is -2.36. The van der Waals surface area contributed by atoms with Gasteiger partial charge in [0.1, 0.15) is 5.60 Å². The Morgan fingerprint density at radius 1 is 1.29 bits per heavy atom. The van der Waals surface area contributed by atoms with Gasteiger partial charge in [0, 0.05) is 12.8 Å². The van der Waals surface area contributed by atoms with Crippen LogP contribution in [0.3, 0.4) is 0 Å². The molecule has 0 aromatic heterocycles. The molecule has 4 nitrogen and oxygen atoms in total. The molecule has 31 heavy (non-hydrogen) atoms. The number of hydrogen-bond acceptors (Lipinski definition) is 4. The monoisotopic (exact) mass is 428 g/mol.